The summed E-state index contributed by atoms with van der Waals surface area (Å²) in [5, 5.41) is 9.11. The molecular formula is C12H7BrClN3O. The second-order valence-corrected chi connectivity index (χ2v) is 4.70. The summed E-state index contributed by atoms with van der Waals surface area (Å²) in [4.78, 5) is 15.8. The van der Waals surface area contributed by atoms with Gasteiger partial charge in [-0.1, -0.05) is 29.8 Å². The molecule has 0 radical (unpaired) electrons. The minimum Gasteiger partial charge on any atom is -0.294 e. The van der Waals surface area contributed by atoms with Gasteiger partial charge in [0.15, 0.2) is 5.15 Å². The molecule has 0 atom stereocenters. The Hall–Kier alpha value is -1.64. The first-order valence-electron chi connectivity index (χ1n) is 5.02. The van der Waals surface area contributed by atoms with E-state index in [-0.39, 0.29) is 21.7 Å². The molecule has 0 aliphatic rings. The van der Waals surface area contributed by atoms with Gasteiger partial charge in [0.05, 0.1) is 24.5 Å². The smallest absolute Gasteiger partial charge is 0.269 e. The van der Waals surface area contributed by atoms with Crippen LogP contribution in [0.5, 0.6) is 0 Å². The molecule has 0 aliphatic heterocycles. The number of aromatic nitrogens is 2. The maximum Gasteiger partial charge on any atom is 0.269 e. The SMILES string of the molecule is N#Cc1ccccc1Cn1cnc(Cl)c(Br)c1=O. The van der Waals surface area contributed by atoms with E-state index >= 15 is 0 Å². The largest absolute Gasteiger partial charge is 0.294 e. The lowest BCUT2D eigenvalue weighted by Gasteiger charge is -2.07. The molecule has 6 heteroatoms. The lowest BCUT2D eigenvalue weighted by Crippen LogP contribution is -2.22. The monoisotopic (exact) mass is 323 g/mol. The van der Waals surface area contributed by atoms with Crippen molar-refractivity contribution in [2.24, 2.45) is 0 Å². The Bertz CT molecular complexity index is 690. The highest BCUT2D eigenvalue weighted by molar-refractivity contribution is 9.10. The van der Waals surface area contributed by atoms with E-state index in [0.717, 1.165) is 5.56 Å². The van der Waals surface area contributed by atoms with Crippen LogP contribution in [0.2, 0.25) is 5.15 Å². The van der Waals surface area contributed by atoms with Crippen molar-refractivity contribution in [1.82, 2.24) is 9.55 Å². The van der Waals surface area contributed by atoms with Crippen molar-refractivity contribution in [2.75, 3.05) is 0 Å². The predicted octanol–water partition coefficient (Wildman–Crippen LogP) is 2.58. The first-order valence-corrected chi connectivity index (χ1v) is 6.19. The van der Waals surface area contributed by atoms with Crippen LogP contribution in [0.4, 0.5) is 0 Å². The normalized spacial score (nSPS) is 10.1. The van der Waals surface area contributed by atoms with Crippen molar-refractivity contribution in [3.63, 3.8) is 0 Å². The molecule has 0 N–H and O–H groups in total. The molecule has 90 valence electrons. The van der Waals surface area contributed by atoms with E-state index in [1.54, 1.807) is 18.2 Å². The van der Waals surface area contributed by atoms with E-state index in [4.69, 9.17) is 16.9 Å². The first-order chi connectivity index (χ1) is 8.63. The Morgan fingerprint density at radius 1 is 1.44 bits per heavy atom. The molecule has 0 amide bonds. The van der Waals surface area contributed by atoms with Gasteiger partial charge in [0.25, 0.3) is 5.56 Å². The summed E-state index contributed by atoms with van der Waals surface area (Å²) in [7, 11) is 0. The Morgan fingerprint density at radius 2 is 2.17 bits per heavy atom. The molecule has 0 unspecified atom stereocenters. The fraction of sp³-hybridized carbons (Fsp3) is 0.0833. The molecule has 0 fully saturated rings. The molecule has 0 aliphatic carbocycles. The summed E-state index contributed by atoms with van der Waals surface area (Å²) in [6, 6.07) is 9.19. The predicted molar refractivity (Wildman–Crippen MR) is 71.5 cm³/mol. The van der Waals surface area contributed by atoms with E-state index in [0.29, 0.717) is 5.56 Å². The van der Waals surface area contributed by atoms with Gasteiger partial charge in [-0.2, -0.15) is 5.26 Å². The van der Waals surface area contributed by atoms with Crippen molar-refractivity contribution in [3.05, 3.63) is 61.7 Å². The molecule has 1 aromatic carbocycles. The molecule has 2 aromatic rings. The summed E-state index contributed by atoms with van der Waals surface area (Å²) in [6.07, 6.45) is 1.36. The van der Waals surface area contributed by atoms with Crippen LogP contribution in [-0.2, 0) is 6.54 Å². The minimum absolute atomic E-state index is 0.129. The van der Waals surface area contributed by atoms with Gasteiger partial charge in [-0.05, 0) is 27.6 Å². The summed E-state index contributed by atoms with van der Waals surface area (Å²) in [6.45, 7) is 0.283. The van der Waals surface area contributed by atoms with Gasteiger partial charge in [-0.25, -0.2) is 4.98 Å². The second-order valence-electron chi connectivity index (χ2n) is 3.55. The van der Waals surface area contributed by atoms with E-state index in [9.17, 15) is 4.79 Å². The summed E-state index contributed by atoms with van der Waals surface area (Å²) < 4.78 is 1.62. The van der Waals surface area contributed by atoms with Crippen molar-refractivity contribution in [3.8, 4) is 6.07 Å². The lowest BCUT2D eigenvalue weighted by molar-refractivity contribution is 0.729. The molecule has 0 spiro atoms. The third kappa shape index (κ3) is 2.45. The number of nitrogens with zero attached hydrogens (tertiary/aromatic N) is 3. The molecular weight excluding hydrogens is 318 g/mol. The Balaban J connectivity index is 2.45. The van der Waals surface area contributed by atoms with Crippen LogP contribution in [0.1, 0.15) is 11.1 Å². The van der Waals surface area contributed by atoms with Crippen LogP contribution in [-0.4, -0.2) is 9.55 Å². The van der Waals surface area contributed by atoms with Gasteiger partial charge in [0, 0.05) is 0 Å². The maximum atomic E-state index is 11.9. The van der Waals surface area contributed by atoms with Crippen LogP contribution in [0.15, 0.2) is 39.9 Å². The van der Waals surface area contributed by atoms with Crippen LogP contribution in [0.25, 0.3) is 0 Å². The van der Waals surface area contributed by atoms with Crippen LogP contribution >= 0.6 is 27.5 Å². The van der Waals surface area contributed by atoms with Gasteiger partial charge < -0.3 is 0 Å². The van der Waals surface area contributed by atoms with Crippen molar-refractivity contribution < 1.29 is 0 Å². The number of hydrogen-bond donors (Lipinski definition) is 0. The molecule has 1 heterocycles. The number of nitriles is 1. The third-order valence-corrected chi connectivity index (χ3v) is 3.65. The standard InChI is InChI=1S/C12H7BrClN3O/c13-10-11(14)16-7-17(12(10)18)6-9-4-2-1-3-8(9)5-15/h1-4,7H,6H2. The molecule has 0 saturated carbocycles. The number of hydrogen-bond acceptors (Lipinski definition) is 3. The van der Waals surface area contributed by atoms with E-state index in [1.807, 2.05) is 6.07 Å². The number of benzene rings is 1. The van der Waals surface area contributed by atoms with Crippen LogP contribution in [0, 0.1) is 11.3 Å². The number of rotatable bonds is 2. The molecule has 18 heavy (non-hydrogen) atoms. The van der Waals surface area contributed by atoms with Crippen molar-refractivity contribution in [1.29, 1.82) is 5.26 Å². The van der Waals surface area contributed by atoms with Gasteiger partial charge in [0.2, 0.25) is 0 Å². The quantitative estimate of drug-likeness (QED) is 0.798. The molecule has 0 bridgehead atoms. The van der Waals surface area contributed by atoms with Crippen LogP contribution in [0.3, 0.4) is 0 Å². The summed E-state index contributed by atoms with van der Waals surface area (Å²) in [5.74, 6) is 0. The fourth-order valence-electron chi connectivity index (χ4n) is 1.51. The zero-order valence-corrected chi connectivity index (χ0v) is 11.4. The topological polar surface area (TPSA) is 58.7 Å². The second kappa shape index (κ2) is 5.34. The van der Waals surface area contributed by atoms with Gasteiger partial charge in [-0.15, -0.1) is 0 Å². The number of halogens is 2. The highest BCUT2D eigenvalue weighted by Gasteiger charge is 2.08. The first kappa shape index (κ1) is 12.8. The average Bonchev–Trinajstić information content (AvgIpc) is 2.40. The Labute approximate surface area is 117 Å². The Morgan fingerprint density at radius 3 is 2.89 bits per heavy atom. The molecule has 2 rings (SSSR count). The molecule has 4 nitrogen and oxygen atoms in total. The van der Waals surface area contributed by atoms with E-state index < -0.39 is 0 Å². The average molecular weight is 325 g/mol. The van der Waals surface area contributed by atoms with Crippen molar-refractivity contribution in [2.45, 2.75) is 6.54 Å². The van der Waals surface area contributed by atoms with Gasteiger partial charge in [0.1, 0.15) is 4.47 Å². The highest BCUT2D eigenvalue weighted by atomic mass is 79.9. The third-order valence-electron chi connectivity index (χ3n) is 2.42. The minimum atomic E-state index is -0.275. The van der Waals surface area contributed by atoms with Gasteiger partial charge in [-0.3, -0.25) is 9.36 Å². The van der Waals surface area contributed by atoms with Crippen molar-refractivity contribution >= 4 is 27.5 Å². The van der Waals surface area contributed by atoms with E-state index in [1.165, 1.54) is 10.9 Å². The summed E-state index contributed by atoms with van der Waals surface area (Å²) in [5.41, 5.74) is 1.02. The molecule has 1 aromatic heterocycles. The lowest BCUT2D eigenvalue weighted by atomic mass is 10.1. The highest BCUT2D eigenvalue weighted by Crippen LogP contribution is 2.15. The Kier molecular flexibility index (Phi) is 3.80. The summed E-state index contributed by atoms with van der Waals surface area (Å²) >= 11 is 8.81. The molecule has 0 saturated heterocycles. The maximum absolute atomic E-state index is 11.9. The fourth-order valence-corrected chi connectivity index (χ4v) is 1.96. The zero-order valence-electron chi connectivity index (χ0n) is 9.10. The van der Waals surface area contributed by atoms with E-state index in [2.05, 4.69) is 27.0 Å². The van der Waals surface area contributed by atoms with Gasteiger partial charge >= 0.3 is 0 Å². The van der Waals surface area contributed by atoms with Crippen LogP contribution < -0.4 is 5.56 Å². The zero-order chi connectivity index (χ0) is 13.1.